The van der Waals surface area contributed by atoms with Gasteiger partial charge < -0.3 is 14.2 Å². The number of aryl methyl sites for hydroxylation is 3. The van der Waals surface area contributed by atoms with Gasteiger partial charge in [0.1, 0.15) is 11.6 Å². The van der Waals surface area contributed by atoms with Crippen LogP contribution in [-0.2, 0) is 12.8 Å². The molecule has 0 atom stereocenters. The molecule has 0 saturated carbocycles. The Labute approximate surface area is 191 Å². The van der Waals surface area contributed by atoms with E-state index in [0.29, 0.717) is 11.7 Å². The Bertz CT molecular complexity index is 1050. The lowest BCUT2D eigenvalue weighted by atomic mass is 10.0. The molecule has 0 aliphatic carbocycles. The Morgan fingerprint density at radius 1 is 1.00 bits per heavy atom. The van der Waals surface area contributed by atoms with E-state index in [9.17, 15) is 0 Å². The zero-order valence-electron chi connectivity index (χ0n) is 19.8. The van der Waals surface area contributed by atoms with Crippen LogP contribution in [0, 0.1) is 6.92 Å². The van der Waals surface area contributed by atoms with Crippen LogP contribution in [0.1, 0.15) is 63.1 Å². The average molecular weight is 435 g/mol. The summed E-state index contributed by atoms with van der Waals surface area (Å²) in [6, 6.07) is 6.35. The molecular formula is C26H34N4O2. The molecule has 1 saturated heterocycles. The molecule has 1 aliphatic rings. The molecule has 32 heavy (non-hydrogen) atoms. The highest BCUT2D eigenvalue weighted by Crippen LogP contribution is 2.32. The average Bonchev–Trinajstić information content (AvgIpc) is 3.52. The number of hydrogen-bond acceptors (Lipinski definition) is 6. The van der Waals surface area contributed by atoms with Gasteiger partial charge in [0.25, 0.3) is 5.89 Å². The maximum atomic E-state index is 6.07. The molecule has 0 radical (unpaired) electrons. The van der Waals surface area contributed by atoms with Crippen LogP contribution in [-0.4, -0.2) is 34.8 Å². The summed E-state index contributed by atoms with van der Waals surface area (Å²) in [5.41, 5.74) is 5.32. The highest BCUT2D eigenvalue weighted by molar-refractivity contribution is 5.65. The van der Waals surface area contributed by atoms with E-state index in [0.717, 1.165) is 73.6 Å². The van der Waals surface area contributed by atoms with E-state index in [-0.39, 0.29) is 0 Å². The zero-order chi connectivity index (χ0) is 22.5. The fourth-order valence-corrected chi connectivity index (χ4v) is 4.32. The van der Waals surface area contributed by atoms with Crippen molar-refractivity contribution >= 4 is 5.82 Å². The van der Waals surface area contributed by atoms with Crippen molar-refractivity contribution in [3.63, 3.8) is 0 Å². The predicted octanol–water partition coefficient (Wildman–Crippen LogP) is 6.01. The molecule has 0 spiro atoms. The van der Waals surface area contributed by atoms with Crippen molar-refractivity contribution in [1.82, 2.24) is 15.1 Å². The van der Waals surface area contributed by atoms with Crippen molar-refractivity contribution in [3.8, 4) is 28.6 Å². The third-order valence-corrected chi connectivity index (χ3v) is 6.14. The van der Waals surface area contributed by atoms with Crippen molar-refractivity contribution in [2.75, 3.05) is 24.6 Å². The molecule has 1 fully saturated rings. The lowest BCUT2D eigenvalue weighted by Gasteiger charge is -2.19. The van der Waals surface area contributed by atoms with Gasteiger partial charge in [-0.15, -0.1) is 0 Å². The van der Waals surface area contributed by atoms with E-state index in [2.05, 4.69) is 56.0 Å². The Hall–Kier alpha value is -2.89. The number of pyridine rings is 1. The summed E-state index contributed by atoms with van der Waals surface area (Å²) < 4.78 is 11.7. The Morgan fingerprint density at radius 2 is 1.75 bits per heavy atom. The lowest BCUT2D eigenvalue weighted by Crippen LogP contribution is -2.20. The van der Waals surface area contributed by atoms with Crippen molar-refractivity contribution in [2.24, 2.45) is 0 Å². The van der Waals surface area contributed by atoms with Crippen molar-refractivity contribution in [2.45, 2.75) is 66.2 Å². The first-order valence-electron chi connectivity index (χ1n) is 12.0. The molecule has 1 aromatic carbocycles. The van der Waals surface area contributed by atoms with Crippen molar-refractivity contribution in [3.05, 3.63) is 41.1 Å². The van der Waals surface area contributed by atoms with Gasteiger partial charge in [-0.3, -0.25) is 0 Å². The first kappa shape index (κ1) is 22.3. The second-order valence-corrected chi connectivity index (χ2v) is 8.51. The molecule has 3 aromatic rings. The van der Waals surface area contributed by atoms with Crippen LogP contribution >= 0.6 is 0 Å². The quantitative estimate of drug-likeness (QED) is 0.384. The van der Waals surface area contributed by atoms with Gasteiger partial charge in [-0.1, -0.05) is 32.3 Å². The number of unbranched alkanes of at least 4 members (excludes halogenated alkanes) is 1. The minimum Gasteiger partial charge on any atom is -0.493 e. The van der Waals surface area contributed by atoms with Gasteiger partial charge in [0.2, 0.25) is 5.82 Å². The van der Waals surface area contributed by atoms with Crippen molar-refractivity contribution in [1.29, 1.82) is 0 Å². The number of nitrogens with zero attached hydrogens (tertiary/aromatic N) is 4. The van der Waals surface area contributed by atoms with Crippen LogP contribution in [0.25, 0.3) is 22.8 Å². The number of hydrogen-bond donors (Lipinski definition) is 0. The Balaban J connectivity index is 1.60. The van der Waals surface area contributed by atoms with Gasteiger partial charge in [0, 0.05) is 24.8 Å². The van der Waals surface area contributed by atoms with E-state index >= 15 is 0 Å². The van der Waals surface area contributed by atoms with Gasteiger partial charge >= 0.3 is 0 Å². The van der Waals surface area contributed by atoms with E-state index < -0.39 is 0 Å². The molecule has 1 aliphatic heterocycles. The number of rotatable bonds is 9. The normalized spacial score (nSPS) is 13.7. The smallest absolute Gasteiger partial charge is 0.259 e. The molecule has 6 nitrogen and oxygen atoms in total. The van der Waals surface area contributed by atoms with Crippen molar-refractivity contribution < 1.29 is 9.26 Å². The van der Waals surface area contributed by atoms with Crippen LogP contribution in [0.5, 0.6) is 5.75 Å². The SMILES string of the molecule is CCCCOc1c(C)cc(-c2noc(-c3cnc(N4CCCC4)c(CC)c3)n2)cc1CC. The van der Waals surface area contributed by atoms with E-state index in [4.69, 9.17) is 19.2 Å². The summed E-state index contributed by atoms with van der Waals surface area (Å²) in [5.74, 6) is 3.19. The molecule has 2 aromatic heterocycles. The molecule has 6 heteroatoms. The number of anilines is 1. The third kappa shape index (κ3) is 4.64. The largest absolute Gasteiger partial charge is 0.493 e. The summed E-state index contributed by atoms with van der Waals surface area (Å²) in [6.45, 7) is 11.5. The van der Waals surface area contributed by atoms with Crippen LogP contribution in [0.15, 0.2) is 28.9 Å². The van der Waals surface area contributed by atoms with Crippen LogP contribution < -0.4 is 9.64 Å². The maximum absolute atomic E-state index is 6.07. The van der Waals surface area contributed by atoms with E-state index in [1.165, 1.54) is 24.0 Å². The first-order valence-corrected chi connectivity index (χ1v) is 12.0. The molecule has 3 heterocycles. The highest BCUT2D eigenvalue weighted by Gasteiger charge is 2.19. The standard InChI is InChI=1S/C26H34N4O2/c1-5-8-13-31-23-18(4)14-21(15-19(23)6-2)24-28-26(32-29-24)22-16-20(7-3)25(27-17-22)30-11-9-10-12-30/h14-17H,5-13H2,1-4H3. The van der Waals surface area contributed by atoms with Crippen LogP contribution in [0.4, 0.5) is 5.82 Å². The topological polar surface area (TPSA) is 64.3 Å². The van der Waals surface area contributed by atoms with Gasteiger partial charge in [-0.05, 0) is 73.9 Å². The van der Waals surface area contributed by atoms with Crippen LogP contribution in [0.2, 0.25) is 0 Å². The second-order valence-electron chi connectivity index (χ2n) is 8.51. The highest BCUT2D eigenvalue weighted by atomic mass is 16.5. The molecule has 170 valence electrons. The summed E-state index contributed by atoms with van der Waals surface area (Å²) in [7, 11) is 0. The summed E-state index contributed by atoms with van der Waals surface area (Å²) in [5, 5.41) is 4.27. The van der Waals surface area contributed by atoms with Gasteiger partial charge in [0.15, 0.2) is 0 Å². The molecule has 0 N–H and O–H groups in total. The first-order chi connectivity index (χ1) is 15.6. The molecule has 0 bridgehead atoms. The fraction of sp³-hybridized carbons (Fsp3) is 0.500. The second kappa shape index (κ2) is 10.2. The third-order valence-electron chi connectivity index (χ3n) is 6.14. The monoisotopic (exact) mass is 434 g/mol. The molecule has 4 rings (SSSR count). The maximum Gasteiger partial charge on any atom is 0.259 e. The Kier molecular flexibility index (Phi) is 7.08. The molecule has 0 amide bonds. The van der Waals surface area contributed by atoms with Gasteiger partial charge in [0.05, 0.1) is 12.2 Å². The fourth-order valence-electron chi connectivity index (χ4n) is 4.32. The molecular weight excluding hydrogens is 400 g/mol. The van der Waals surface area contributed by atoms with Crippen LogP contribution in [0.3, 0.4) is 0 Å². The minimum absolute atomic E-state index is 0.508. The number of benzene rings is 1. The van der Waals surface area contributed by atoms with E-state index in [1.807, 2.05) is 6.20 Å². The lowest BCUT2D eigenvalue weighted by molar-refractivity contribution is 0.304. The number of ether oxygens (including phenoxy) is 1. The summed E-state index contributed by atoms with van der Waals surface area (Å²) in [6.07, 6.45) is 8.33. The predicted molar refractivity (Wildman–Crippen MR) is 128 cm³/mol. The summed E-state index contributed by atoms with van der Waals surface area (Å²) >= 11 is 0. The van der Waals surface area contributed by atoms with Gasteiger partial charge in [-0.25, -0.2) is 4.98 Å². The van der Waals surface area contributed by atoms with E-state index in [1.54, 1.807) is 0 Å². The zero-order valence-corrected chi connectivity index (χ0v) is 19.8. The Morgan fingerprint density at radius 3 is 2.47 bits per heavy atom. The summed E-state index contributed by atoms with van der Waals surface area (Å²) in [4.78, 5) is 11.8. The van der Waals surface area contributed by atoms with Gasteiger partial charge in [-0.2, -0.15) is 4.98 Å². The molecule has 0 unspecified atom stereocenters. The number of aromatic nitrogens is 3. The minimum atomic E-state index is 0.508.